The standard InChI is InChI=1S/C15H11ClFN3.C9H10O.C6HCl2FN2/c16-14-11(8-18)7-13(17)15(20-14)19-12-5-4-9-2-1-3-10(9)6-12;10-9-5-4-7-2-1-3-8(7)6-9;7-5-3(2-10)1-4(9)6(8)11-5/h4-7H,1-3H2,(H,19,20);4-6,10H,1-3H2;1H. The minimum atomic E-state index is -0.743. The van der Waals surface area contributed by atoms with Gasteiger partial charge < -0.3 is 10.4 Å². The SMILES string of the molecule is N#Cc1cc(F)c(Cl)nc1Cl.N#Cc1cc(F)c(Nc2ccc3c(c2)CCC3)nc1Cl.Oc1ccc2c(c1)CCC2. The Morgan fingerprint density at radius 1 is 0.683 bits per heavy atom. The van der Waals surface area contributed by atoms with E-state index in [1.165, 1.54) is 35.1 Å². The minimum Gasteiger partial charge on any atom is -0.508 e. The van der Waals surface area contributed by atoms with E-state index in [1.807, 2.05) is 30.3 Å². The number of hydrogen-bond acceptors (Lipinski definition) is 6. The summed E-state index contributed by atoms with van der Waals surface area (Å²) in [6.45, 7) is 0. The van der Waals surface area contributed by atoms with Crippen LogP contribution < -0.4 is 5.32 Å². The molecule has 0 atom stereocenters. The molecule has 6 rings (SSSR count). The maximum atomic E-state index is 13.8. The molecule has 11 heteroatoms. The number of hydrogen-bond donors (Lipinski definition) is 2. The molecule has 0 radical (unpaired) electrons. The van der Waals surface area contributed by atoms with E-state index >= 15 is 0 Å². The Hall–Kier alpha value is -3.95. The number of nitrogens with zero attached hydrogens (tertiary/aromatic N) is 4. The second-order valence-corrected chi connectivity index (χ2v) is 10.3. The van der Waals surface area contributed by atoms with Gasteiger partial charge in [0.05, 0.1) is 11.1 Å². The van der Waals surface area contributed by atoms with E-state index in [4.69, 9.17) is 50.4 Å². The molecule has 208 valence electrons. The van der Waals surface area contributed by atoms with Crippen molar-refractivity contribution in [1.29, 1.82) is 10.5 Å². The number of aromatic nitrogens is 2. The first-order valence-electron chi connectivity index (χ1n) is 12.6. The smallest absolute Gasteiger partial charge is 0.168 e. The average Bonchev–Trinajstić information content (AvgIpc) is 3.62. The van der Waals surface area contributed by atoms with Gasteiger partial charge in [0.25, 0.3) is 0 Å². The minimum absolute atomic E-state index is 0.00226. The lowest BCUT2D eigenvalue weighted by atomic mass is 10.1. The van der Waals surface area contributed by atoms with Gasteiger partial charge in [-0.25, -0.2) is 18.7 Å². The number of aryl methyl sites for hydroxylation is 4. The Labute approximate surface area is 250 Å². The van der Waals surface area contributed by atoms with Crippen molar-refractivity contribution in [3.63, 3.8) is 0 Å². The van der Waals surface area contributed by atoms with Gasteiger partial charge in [-0.15, -0.1) is 0 Å². The molecule has 0 fully saturated rings. The van der Waals surface area contributed by atoms with Crippen LogP contribution in [-0.2, 0) is 25.7 Å². The predicted octanol–water partition coefficient (Wildman–Crippen LogP) is 8.26. The molecule has 2 aliphatic carbocycles. The van der Waals surface area contributed by atoms with Gasteiger partial charge in [-0.3, -0.25) is 0 Å². The van der Waals surface area contributed by atoms with Gasteiger partial charge in [-0.2, -0.15) is 10.5 Å². The summed E-state index contributed by atoms with van der Waals surface area (Å²) in [6.07, 6.45) is 6.89. The average molecular weight is 613 g/mol. The molecule has 41 heavy (non-hydrogen) atoms. The van der Waals surface area contributed by atoms with Gasteiger partial charge >= 0.3 is 0 Å². The fourth-order valence-corrected chi connectivity index (χ4v) is 5.05. The zero-order valence-corrected chi connectivity index (χ0v) is 23.8. The Bertz CT molecular complexity index is 1680. The number of pyridine rings is 2. The van der Waals surface area contributed by atoms with Crippen molar-refractivity contribution >= 4 is 46.3 Å². The van der Waals surface area contributed by atoms with Gasteiger partial charge in [0, 0.05) is 5.69 Å². The summed E-state index contributed by atoms with van der Waals surface area (Å²) in [6, 6.07) is 17.1. The Balaban J connectivity index is 0.000000156. The van der Waals surface area contributed by atoms with Crippen molar-refractivity contribution in [3.8, 4) is 17.9 Å². The van der Waals surface area contributed by atoms with Gasteiger partial charge in [0.15, 0.2) is 22.6 Å². The number of phenols is 1. The molecule has 2 aliphatic rings. The van der Waals surface area contributed by atoms with Crippen LogP contribution in [0.4, 0.5) is 20.3 Å². The quantitative estimate of drug-likeness (QED) is 0.221. The Morgan fingerprint density at radius 2 is 1.22 bits per heavy atom. The van der Waals surface area contributed by atoms with Crippen molar-refractivity contribution in [2.24, 2.45) is 0 Å². The summed E-state index contributed by atoms with van der Waals surface area (Å²) < 4.78 is 26.4. The largest absolute Gasteiger partial charge is 0.508 e. The number of nitrogens with one attached hydrogen (secondary N) is 1. The van der Waals surface area contributed by atoms with E-state index in [0.29, 0.717) is 5.75 Å². The van der Waals surface area contributed by atoms with Crippen LogP contribution in [0.15, 0.2) is 48.5 Å². The number of rotatable bonds is 2. The van der Waals surface area contributed by atoms with Crippen LogP contribution in [0.5, 0.6) is 5.75 Å². The summed E-state index contributed by atoms with van der Waals surface area (Å²) in [7, 11) is 0. The first-order valence-corrected chi connectivity index (χ1v) is 13.7. The van der Waals surface area contributed by atoms with Crippen LogP contribution in [0.2, 0.25) is 15.5 Å². The molecule has 0 bridgehead atoms. The first-order chi connectivity index (χ1) is 19.7. The van der Waals surface area contributed by atoms with Gasteiger partial charge in [-0.05, 0) is 97.2 Å². The normalized spacial score (nSPS) is 12.5. The summed E-state index contributed by atoms with van der Waals surface area (Å²) in [5, 5.41) is 28.7. The zero-order valence-electron chi connectivity index (χ0n) is 21.5. The number of halogens is 5. The fraction of sp³-hybridized carbons (Fsp3) is 0.200. The fourth-order valence-electron chi connectivity index (χ4n) is 4.50. The van der Waals surface area contributed by atoms with E-state index in [1.54, 1.807) is 18.2 Å². The third kappa shape index (κ3) is 7.62. The second kappa shape index (κ2) is 13.6. The molecule has 2 aromatic carbocycles. The lowest BCUT2D eigenvalue weighted by Gasteiger charge is -2.09. The molecule has 2 aromatic heterocycles. The van der Waals surface area contributed by atoms with Crippen LogP contribution in [0, 0.1) is 34.3 Å². The highest BCUT2D eigenvalue weighted by Crippen LogP contribution is 2.28. The summed E-state index contributed by atoms with van der Waals surface area (Å²) in [5.74, 6) is -0.897. The maximum absolute atomic E-state index is 13.8. The molecule has 0 saturated heterocycles. The van der Waals surface area contributed by atoms with Crippen molar-refractivity contribution < 1.29 is 13.9 Å². The Morgan fingerprint density at radius 3 is 1.85 bits per heavy atom. The highest BCUT2D eigenvalue weighted by molar-refractivity contribution is 6.33. The second-order valence-electron chi connectivity index (χ2n) is 9.25. The molecule has 0 saturated carbocycles. The molecule has 2 N–H and O–H groups in total. The van der Waals surface area contributed by atoms with E-state index < -0.39 is 11.6 Å². The number of fused-ring (bicyclic) bond motifs is 2. The third-order valence-electron chi connectivity index (χ3n) is 6.50. The van der Waals surface area contributed by atoms with Crippen LogP contribution in [0.3, 0.4) is 0 Å². The van der Waals surface area contributed by atoms with E-state index in [2.05, 4.69) is 15.3 Å². The van der Waals surface area contributed by atoms with Gasteiger partial charge in [-0.1, -0.05) is 46.9 Å². The van der Waals surface area contributed by atoms with Gasteiger partial charge in [0.1, 0.15) is 28.2 Å². The summed E-state index contributed by atoms with van der Waals surface area (Å²) in [5.41, 5.74) is 6.17. The van der Waals surface area contributed by atoms with Crippen molar-refractivity contribution in [3.05, 3.63) is 109 Å². The lowest BCUT2D eigenvalue weighted by Crippen LogP contribution is -1.99. The van der Waals surface area contributed by atoms with E-state index in [9.17, 15) is 8.78 Å². The monoisotopic (exact) mass is 611 g/mol. The first kappa shape index (κ1) is 30.0. The molecule has 2 heterocycles. The molecule has 0 unspecified atom stereocenters. The van der Waals surface area contributed by atoms with E-state index in [-0.39, 0.29) is 32.4 Å². The van der Waals surface area contributed by atoms with Crippen LogP contribution in [0.1, 0.15) is 46.2 Å². The van der Waals surface area contributed by atoms with Gasteiger partial charge in [0.2, 0.25) is 0 Å². The molecular weight excluding hydrogens is 591 g/mol. The number of phenolic OH excluding ortho intramolecular Hbond substituents is 1. The van der Waals surface area contributed by atoms with Crippen molar-refractivity contribution in [2.75, 3.05) is 5.32 Å². The zero-order chi connectivity index (χ0) is 29.5. The number of aromatic hydroxyl groups is 1. The summed E-state index contributed by atoms with van der Waals surface area (Å²) >= 11 is 16.5. The molecule has 0 aliphatic heterocycles. The van der Waals surface area contributed by atoms with Crippen LogP contribution in [0.25, 0.3) is 0 Å². The van der Waals surface area contributed by atoms with E-state index in [0.717, 1.165) is 43.5 Å². The number of benzene rings is 2. The lowest BCUT2D eigenvalue weighted by molar-refractivity contribution is 0.474. The molecular formula is C30H22Cl3F2N5O. The Kier molecular flexibility index (Phi) is 9.96. The highest BCUT2D eigenvalue weighted by atomic mass is 35.5. The number of anilines is 2. The topological polar surface area (TPSA) is 106 Å². The van der Waals surface area contributed by atoms with Crippen LogP contribution >= 0.6 is 34.8 Å². The van der Waals surface area contributed by atoms with Crippen molar-refractivity contribution in [1.82, 2.24) is 9.97 Å². The molecule has 0 spiro atoms. The predicted molar refractivity (Wildman–Crippen MR) is 155 cm³/mol. The molecule has 0 amide bonds. The maximum Gasteiger partial charge on any atom is 0.168 e. The highest BCUT2D eigenvalue weighted by Gasteiger charge is 2.14. The third-order valence-corrected chi connectivity index (χ3v) is 7.34. The molecule has 6 nitrogen and oxygen atoms in total. The van der Waals surface area contributed by atoms with Crippen molar-refractivity contribution in [2.45, 2.75) is 38.5 Å². The summed E-state index contributed by atoms with van der Waals surface area (Å²) in [4.78, 5) is 7.27. The molecule has 4 aromatic rings. The number of nitriles is 2. The van der Waals surface area contributed by atoms with Crippen LogP contribution in [-0.4, -0.2) is 15.1 Å².